The smallest absolute Gasteiger partial charge is 0.251 e. The number of hydrogen-bond acceptors (Lipinski definition) is 2. The van der Waals surface area contributed by atoms with Gasteiger partial charge in [0.15, 0.2) is 11.6 Å². The predicted molar refractivity (Wildman–Crippen MR) is 110 cm³/mol. The zero-order valence-corrected chi connectivity index (χ0v) is 17.3. The van der Waals surface area contributed by atoms with Crippen molar-refractivity contribution < 1.29 is 13.6 Å². The van der Waals surface area contributed by atoms with Crippen LogP contribution in [0, 0.1) is 11.6 Å². The van der Waals surface area contributed by atoms with E-state index in [0.717, 1.165) is 23.6 Å². The van der Waals surface area contributed by atoms with Crippen molar-refractivity contribution in [3.63, 3.8) is 0 Å². The third-order valence-electron chi connectivity index (χ3n) is 4.39. The Kier molecular flexibility index (Phi) is 5.55. The third kappa shape index (κ3) is 4.70. The van der Waals surface area contributed by atoms with E-state index in [1.54, 1.807) is 18.3 Å². The molecule has 0 aliphatic rings. The Bertz CT molecular complexity index is 1050. The van der Waals surface area contributed by atoms with E-state index in [2.05, 4.69) is 10.3 Å². The minimum Gasteiger partial charge on any atom is -0.347 e. The average Bonchev–Trinajstić information content (AvgIpc) is 3.12. The Morgan fingerprint density at radius 1 is 1.03 bits per heavy atom. The lowest BCUT2D eigenvalue weighted by Gasteiger charge is -2.21. The van der Waals surface area contributed by atoms with Gasteiger partial charge in [-0.15, -0.1) is 0 Å². The molecule has 1 heterocycles. The second-order valence-electron chi connectivity index (χ2n) is 8.41. The van der Waals surface area contributed by atoms with Crippen molar-refractivity contribution in [2.24, 2.45) is 0 Å². The molecule has 1 amide bonds. The standard InChI is InChI=1S/C23H25F2N3O/c1-14(2)21-26-8-9-28(21)18-11-16(15-6-7-19(24)20(25)13-15)10-17(12-18)22(29)27-23(3,4)5/h6-14H,1-5H3,(H,27,29). The lowest BCUT2D eigenvalue weighted by Crippen LogP contribution is -2.40. The first kappa shape index (κ1) is 20.7. The van der Waals surface area contributed by atoms with Gasteiger partial charge in [0.05, 0.1) is 0 Å². The van der Waals surface area contributed by atoms with Crippen molar-refractivity contribution >= 4 is 5.91 Å². The number of benzene rings is 2. The molecule has 1 aromatic heterocycles. The van der Waals surface area contributed by atoms with Gasteiger partial charge in [0.1, 0.15) is 5.82 Å². The fourth-order valence-electron chi connectivity index (χ4n) is 3.10. The second-order valence-corrected chi connectivity index (χ2v) is 8.41. The normalized spacial score (nSPS) is 11.7. The molecule has 3 rings (SSSR count). The molecule has 6 heteroatoms. The molecular formula is C23H25F2N3O. The summed E-state index contributed by atoms with van der Waals surface area (Å²) >= 11 is 0. The van der Waals surface area contributed by atoms with E-state index in [4.69, 9.17) is 0 Å². The molecular weight excluding hydrogens is 372 g/mol. The van der Waals surface area contributed by atoms with Gasteiger partial charge >= 0.3 is 0 Å². The second kappa shape index (κ2) is 7.78. The van der Waals surface area contributed by atoms with Gasteiger partial charge in [-0.1, -0.05) is 19.9 Å². The number of amides is 1. The number of carbonyl (C=O) groups is 1. The van der Waals surface area contributed by atoms with E-state index in [9.17, 15) is 13.6 Å². The van der Waals surface area contributed by atoms with Crippen LogP contribution in [0.1, 0.15) is 56.7 Å². The lowest BCUT2D eigenvalue weighted by atomic mass is 10.00. The molecule has 0 radical (unpaired) electrons. The molecule has 1 N–H and O–H groups in total. The highest BCUT2D eigenvalue weighted by molar-refractivity contribution is 5.96. The fraction of sp³-hybridized carbons (Fsp3) is 0.304. The van der Waals surface area contributed by atoms with Gasteiger partial charge in [0.2, 0.25) is 0 Å². The molecule has 0 saturated heterocycles. The summed E-state index contributed by atoms with van der Waals surface area (Å²) in [5, 5.41) is 2.95. The molecule has 0 fully saturated rings. The Morgan fingerprint density at radius 2 is 1.76 bits per heavy atom. The molecule has 0 aliphatic carbocycles. The van der Waals surface area contributed by atoms with Crippen molar-refractivity contribution in [3.05, 3.63) is 71.8 Å². The molecule has 0 unspecified atom stereocenters. The van der Waals surface area contributed by atoms with Crippen LogP contribution in [0.25, 0.3) is 16.8 Å². The van der Waals surface area contributed by atoms with Crippen molar-refractivity contribution in [2.45, 2.75) is 46.1 Å². The predicted octanol–water partition coefficient (Wildman–Crippen LogP) is 5.47. The van der Waals surface area contributed by atoms with Crippen molar-refractivity contribution in [2.75, 3.05) is 0 Å². The lowest BCUT2D eigenvalue weighted by molar-refractivity contribution is 0.0919. The molecule has 152 valence electrons. The van der Waals surface area contributed by atoms with Crippen LogP contribution in [-0.2, 0) is 0 Å². The van der Waals surface area contributed by atoms with Gasteiger partial charge in [-0.3, -0.25) is 4.79 Å². The molecule has 0 saturated carbocycles. The minimum absolute atomic E-state index is 0.170. The molecule has 3 aromatic rings. The van der Waals surface area contributed by atoms with Crippen LogP contribution in [0.5, 0.6) is 0 Å². The van der Waals surface area contributed by atoms with E-state index in [1.165, 1.54) is 6.07 Å². The zero-order valence-electron chi connectivity index (χ0n) is 17.3. The largest absolute Gasteiger partial charge is 0.347 e. The summed E-state index contributed by atoms with van der Waals surface area (Å²) in [6.07, 6.45) is 3.53. The number of halogens is 2. The van der Waals surface area contributed by atoms with E-state index in [1.807, 2.05) is 51.4 Å². The quantitative estimate of drug-likeness (QED) is 0.635. The number of carbonyl (C=O) groups excluding carboxylic acids is 1. The van der Waals surface area contributed by atoms with Crippen LogP contribution in [0.4, 0.5) is 8.78 Å². The Labute approximate surface area is 169 Å². The monoisotopic (exact) mass is 397 g/mol. The maximum Gasteiger partial charge on any atom is 0.251 e. The molecule has 29 heavy (non-hydrogen) atoms. The van der Waals surface area contributed by atoms with Crippen LogP contribution < -0.4 is 5.32 Å². The first-order chi connectivity index (χ1) is 13.5. The molecule has 4 nitrogen and oxygen atoms in total. The number of nitrogens with one attached hydrogen (secondary N) is 1. The molecule has 0 atom stereocenters. The summed E-state index contributed by atoms with van der Waals surface area (Å²) in [6, 6.07) is 9.02. The summed E-state index contributed by atoms with van der Waals surface area (Å²) in [6.45, 7) is 9.77. The maximum absolute atomic E-state index is 13.8. The summed E-state index contributed by atoms with van der Waals surface area (Å²) in [7, 11) is 0. The molecule has 0 aliphatic heterocycles. The Morgan fingerprint density at radius 3 is 2.38 bits per heavy atom. The van der Waals surface area contributed by atoms with Crippen molar-refractivity contribution in [1.82, 2.24) is 14.9 Å². The first-order valence-corrected chi connectivity index (χ1v) is 9.52. The van der Waals surface area contributed by atoms with Gasteiger partial charge in [0, 0.05) is 35.1 Å². The van der Waals surface area contributed by atoms with Crippen LogP contribution in [0.2, 0.25) is 0 Å². The average molecular weight is 397 g/mol. The topological polar surface area (TPSA) is 46.9 Å². The van der Waals surface area contributed by atoms with Crippen molar-refractivity contribution in [1.29, 1.82) is 0 Å². The van der Waals surface area contributed by atoms with Gasteiger partial charge in [-0.2, -0.15) is 0 Å². The van der Waals surface area contributed by atoms with Gasteiger partial charge in [-0.25, -0.2) is 13.8 Å². The fourth-order valence-corrected chi connectivity index (χ4v) is 3.10. The third-order valence-corrected chi connectivity index (χ3v) is 4.39. The zero-order chi connectivity index (χ0) is 21.3. The van der Waals surface area contributed by atoms with Crippen LogP contribution in [0.3, 0.4) is 0 Å². The summed E-state index contributed by atoms with van der Waals surface area (Å²) in [4.78, 5) is 17.2. The van der Waals surface area contributed by atoms with Crippen LogP contribution in [-0.4, -0.2) is 21.0 Å². The highest BCUT2D eigenvalue weighted by Gasteiger charge is 2.18. The highest BCUT2D eigenvalue weighted by atomic mass is 19.2. The number of nitrogens with zero attached hydrogens (tertiary/aromatic N) is 2. The highest BCUT2D eigenvalue weighted by Crippen LogP contribution is 2.28. The van der Waals surface area contributed by atoms with Gasteiger partial charge in [0.25, 0.3) is 5.91 Å². The van der Waals surface area contributed by atoms with E-state index >= 15 is 0 Å². The van der Waals surface area contributed by atoms with Gasteiger partial charge in [-0.05, 0) is 62.2 Å². The summed E-state index contributed by atoms with van der Waals surface area (Å²) in [5.41, 5.74) is 1.85. The molecule has 2 aromatic carbocycles. The van der Waals surface area contributed by atoms with E-state index < -0.39 is 17.2 Å². The van der Waals surface area contributed by atoms with Crippen LogP contribution in [0.15, 0.2) is 48.8 Å². The maximum atomic E-state index is 13.8. The van der Waals surface area contributed by atoms with Crippen LogP contribution >= 0.6 is 0 Å². The first-order valence-electron chi connectivity index (χ1n) is 9.52. The summed E-state index contributed by atoms with van der Waals surface area (Å²) < 4.78 is 29.1. The van der Waals surface area contributed by atoms with E-state index in [-0.39, 0.29) is 11.8 Å². The minimum atomic E-state index is -0.931. The molecule has 0 bridgehead atoms. The number of rotatable bonds is 4. The van der Waals surface area contributed by atoms with E-state index in [0.29, 0.717) is 16.7 Å². The Hall–Kier alpha value is -3.02. The SMILES string of the molecule is CC(C)c1nccn1-c1cc(C(=O)NC(C)(C)C)cc(-c2ccc(F)c(F)c2)c1. The summed E-state index contributed by atoms with van der Waals surface area (Å²) in [5.74, 6) is -1.07. The van der Waals surface area contributed by atoms with Gasteiger partial charge < -0.3 is 9.88 Å². The number of imidazole rings is 1. The molecule has 0 spiro atoms. The number of aromatic nitrogens is 2. The Balaban J connectivity index is 2.17. The van der Waals surface area contributed by atoms with Crippen molar-refractivity contribution in [3.8, 4) is 16.8 Å². The number of hydrogen-bond donors (Lipinski definition) is 1.